The van der Waals surface area contributed by atoms with E-state index in [9.17, 15) is 0 Å². The monoisotopic (exact) mass is 271 g/mol. The summed E-state index contributed by atoms with van der Waals surface area (Å²) in [5.41, 5.74) is 8.96. The molecule has 20 heavy (non-hydrogen) atoms. The van der Waals surface area contributed by atoms with Crippen LogP contribution in [-0.4, -0.2) is 19.1 Å². The quantitative estimate of drug-likeness (QED) is 0.907. The fraction of sp³-hybridized carbons (Fsp3) is 0.312. The first-order valence-corrected chi connectivity index (χ1v) is 6.65. The normalized spacial score (nSPS) is 10.4. The topological polar surface area (TPSA) is 51.4 Å². The van der Waals surface area contributed by atoms with Crippen molar-refractivity contribution in [3.8, 4) is 5.75 Å². The Labute approximate surface area is 120 Å². The maximum absolute atomic E-state index is 5.80. The van der Waals surface area contributed by atoms with Gasteiger partial charge in [0.05, 0.1) is 7.11 Å². The number of rotatable bonds is 5. The molecule has 106 valence electrons. The second kappa shape index (κ2) is 6.39. The van der Waals surface area contributed by atoms with Crippen molar-refractivity contribution in [3.05, 3.63) is 53.2 Å². The molecular formula is C16H21N3O. The SMILES string of the molecule is COc1ccccc1CN(C)c1nc(C)ccc1CN. The van der Waals surface area contributed by atoms with E-state index in [1.807, 2.05) is 44.3 Å². The molecule has 0 saturated carbocycles. The minimum Gasteiger partial charge on any atom is -0.496 e. The molecule has 4 nitrogen and oxygen atoms in total. The third kappa shape index (κ3) is 3.08. The van der Waals surface area contributed by atoms with E-state index in [1.165, 1.54) is 0 Å². The van der Waals surface area contributed by atoms with Crippen molar-refractivity contribution in [2.45, 2.75) is 20.0 Å². The standard InChI is InChI=1S/C16H21N3O/c1-12-8-9-13(10-17)16(18-12)19(2)11-14-6-4-5-7-15(14)20-3/h4-9H,10-11,17H2,1-3H3. The molecule has 1 aromatic heterocycles. The van der Waals surface area contributed by atoms with Crippen LogP contribution in [0.4, 0.5) is 5.82 Å². The summed E-state index contributed by atoms with van der Waals surface area (Å²) in [5, 5.41) is 0. The molecule has 1 aromatic carbocycles. The van der Waals surface area contributed by atoms with Gasteiger partial charge in [-0.3, -0.25) is 0 Å². The molecule has 0 radical (unpaired) electrons. The maximum atomic E-state index is 5.80. The number of nitrogens with zero attached hydrogens (tertiary/aromatic N) is 2. The minimum absolute atomic E-state index is 0.485. The highest BCUT2D eigenvalue weighted by Crippen LogP contribution is 2.23. The molecule has 0 aliphatic heterocycles. The van der Waals surface area contributed by atoms with Crippen molar-refractivity contribution in [1.82, 2.24) is 4.98 Å². The summed E-state index contributed by atoms with van der Waals surface area (Å²) >= 11 is 0. The number of nitrogens with two attached hydrogens (primary N) is 1. The average Bonchev–Trinajstić information content (AvgIpc) is 2.47. The third-order valence-corrected chi connectivity index (χ3v) is 3.28. The van der Waals surface area contributed by atoms with Crippen molar-refractivity contribution >= 4 is 5.82 Å². The number of benzene rings is 1. The molecule has 0 saturated heterocycles. The molecule has 0 atom stereocenters. The van der Waals surface area contributed by atoms with Crippen molar-refractivity contribution < 1.29 is 4.74 Å². The summed E-state index contributed by atoms with van der Waals surface area (Å²) < 4.78 is 5.39. The van der Waals surface area contributed by atoms with E-state index in [0.29, 0.717) is 6.54 Å². The van der Waals surface area contributed by atoms with Crippen LogP contribution < -0.4 is 15.4 Å². The van der Waals surface area contributed by atoms with Crippen LogP contribution in [-0.2, 0) is 13.1 Å². The van der Waals surface area contributed by atoms with Gasteiger partial charge in [0, 0.05) is 37.0 Å². The fourth-order valence-corrected chi connectivity index (χ4v) is 2.23. The number of anilines is 1. The molecule has 2 aromatic rings. The van der Waals surface area contributed by atoms with E-state index in [4.69, 9.17) is 10.5 Å². The first-order chi connectivity index (χ1) is 9.65. The lowest BCUT2D eigenvalue weighted by Gasteiger charge is -2.22. The fourth-order valence-electron chi connectivity index (χ4n) is 2.23. The van der Waals surface area contributed by atoms with Crippen LogP contribution in [0, 0.1) is 6.92 Å². The van der Waals surface area contributed by atoms with Crippen LogP contribution in [0.3, 0.4) is 0 Å². The third-order valence-electron chi connectivity index (χ3n) is 3.28. The first-order valence-electron chi connectivity index (χ1n) is 6.65. The molecule has 4 heteroatoms. The number of ether oxygens (including phenoxy) is 1. The summed E-state index contributed by atoms with van der Waals surface area (Å²) in [6.07, 6.45) is 0. The summed E-state index contributed by atoms with van der Waals surface area (Å²) in [5.74, 6) is 1.82. The molecule has 0 fully saturated rings. The summed E-state index contributed by atoms with van der Waals surface area (Å²) in [7, 11) is 3.71. The Hall–Kier alpha value is -2.07. The number of aryl methyl sites for hydroxylation is 1. The Morgan fingerprint density at radius 2 is 1.90 bits per heavy atom. The van der Waals surface area contributed by atoms with E-state index < -0.39 is 0 Å². The van der Waals surface area contributed by atoms with Crippen LogP contribution in [0.2, 0.25) is 0 Å². The zero-order valence-corrected chi connectivity index (χ0v) is 12.3. The van der Waals surface area contributed by atoms with Gasteiger partial charge in [0.2, 0.25) is 0 Å². The number of aromatic nitrogens is 1. The van der Waals surface area contributed by atoms with E-state index in [-0.39, 0.29) is 0 Å². The highest BCUT2D eigenvalue weighted by atomic mass is 16.5. The van der Waals surface area contributed by atoms with Gasteiger partial charge in [0.1, 0.15) is 11.6 Å². The van der Waals surface area contributed by atoms with Crippen LogP contribution >= 0.6 is 0 Å². The van der Waals surface area contributed by atoms with Gasteiger partial charge in [0.25, 0.3) is 0 Å². The predicted octanol–water partition coefficient (Wildman–Crippen LogP) is 2.49. The van der Waals surface area contributed by atoms with E-state index >= 15 is 0 Å². The van der Waals surface area contributed by atoms with Crippen LogP contribution in [0.25, 0.3) is 0 Å². The smallest absolute Gasteiger partial charge is 0.133 e. The molecule has 2 rings (SSSR count). The van der Waals surface area contributed by atoms with Gasteiger partial charge in [-0.15, -0.1) is 0 Å². The number of hydrogen-bond donors (Lipinski definition) is 1. The number of para-hydroxylation sites is 1. The Morgan fingerprint density at radius 1 is 1.15 bits per heavy atom. The molecule has 1 heterocycles. The number of methoxy groups -OCH3 is 1. The summed E-state index contributed by atoms with van der Waals surface area (Å²) in [6.45, 7) is 3.20. The van der Waals surface area contributed by atoms with Gasteiger partial charge in [0.15, 0.2) is 0 Å². The van der Waals surface area contributed by atoms with E-state index in [2.05, 4.69) is 16.0 Å². The zero-order chi connectivity index (χ0) is 14.5. The largest absolute Gasteiger partial charge is 0.496 e. The molecular weight excluding hydrogens is 250 g/mol. The Kier molecular flexibility index (Phi) is 4.58. The Bertz CT molecular complexity index is 584. The van der Waals surface area contributed by atoms with E-state index in [0.717, 1.165) is 34.9 Å². The van der Waals surface area contributed by atoms with Gasteiger partial charge >= 0.3 is 0 Å². The number of pyridine rings is 1. The molecule has 0 aliphatic carbocycles. The second-order valence-corrected chi connectivity index (χ2v) is 4.81. The maximum Gasteiger partial charge on any atom is 0.133 e. The lowest BCUT2D eigenvalue weighted by molar-refractivity contribution is 0.409. The van der Waals surface area contributed by atoms with Crippen molar-refractivity contribution in [1.29, 1.82) is 0 Å². The minimum atomic E-state index is 0.485. The van der Waals surface area contributed by atoms with Crippen LogP contribution in [0.1, 0.15) is 16.8 Å². The van der Waals surface area contributed by atoms with Gasteiger partial charge in [-0.1, -0.05) is 24.3 Å². The molecule has 2 N–H and O–H groups in total. The molecule has 0 aliphatic rings. The lowest BCUT2D eigenvalue weighted by Crippen LogP contribution is -2.21. The van der Waals surface area contributed by atoms with Crippen molar-refractivity contribution in [2.75, 3.05) is 19.1 Å². The van der Waals surface area contributed by atoms with Crippen LogP contribution in [0.5, 0.6) is 5.75 Å². The number of hydrogen-bond acceptors (Lipinski definition) is 4. The van der Waals surface area contributed by atoms with Crippen molar-refractivity contribution in [3.63, 3.8) is 0 Å². The van der Waals surface area contributed by atoms with Gasteiger partial charge < -0.3 is 15.4 Å². The zero-order valence-electron chi connectivity index (χ0n) is 12.3. The van der Waals surface area contributed by atoms with Gasteiger partial charge in [-0.05, 0) is 19.1 Å². The van der Waals surface area contributed by atoms with Crippen molar-refractivity contribution in [2.24, 2.45) is 5.73 Å². The van der Waals surface area contributed by atoms with E-state index in [1.54, 1.807) is 7.11 Å². The lowest BCUT2D eigenvalue weighted by atomic mass is 10.1. The molecule has 0 bridgehead atoms. The first kappa shape index (κ1) is 14.3. The predicted molar refractivity (Wildman–Crippen MR) is 82.0 cm³/mol. The molecule has 0 spiro atoms. The Morgan fingerprint density at radius 3 is 2.60 bits per heavy atom. The molecule has 0 unspecified atom stereocenters. The second-order valence-electron chi connectivity index (χ2n) is 4.81. The summed E-state index contributed by atoms with van der Waals surface area (Å²) in [4.78, 5) is 6.70. The van der Waals surface area contributed by atoms with Gasteiger partial charge in [-0.2, -0.15) is 0 Å². The van der Waals surface area contributed by atoms with Crippen LogP contribution in [0.15, 0.2) is 36.4 Å². The molecule has 0 amide bonds. The highest BCUT2D eigenvalue weighted by Gasteiger charge is 2.11. The average molecular weight is 271 g/mol. The Balaban J connectivity index is 2.28. The summed E-state index contributed by atoms with van der Waals surface area (Å²) in [6, 6.07) is 12.0. The van der Waals surface area contributed by atoms with Gasteiger partial charge in [-0.25, -0.2) is 4.98 Å². The highest BCUT2D eigenvalue weighted by molar-refractivity contribution is 5.48.